The van der Waals surface area contributed by atoms with E-state index in [1.54, 1.807) is 0 Å². The third-order valence-electron chi connectivity index (χ3n) is 4.61. The largest absolute Gasteiger partial charge is 0.452 e. The van der Waals surface area contributed by atoms with Crippen molar-refractivity contribution >= 4 is 28.9 Å². The van der Waals surface area contributed by atoms with Crippen LogP contribution in [0.4, 0.5) is 14.5 Å². The maximum Gasteiger partial charge on any atom is 0.341 e. The first-order valence-corrected chi connectivity index (χ1v) is 9.68. The number of aryl methyl sites for hydroxylation is 3. The average molecular weight is 418 g/mol. The molecule has 3 rings (SSSR count). The second kappa shape index (κ2) is 8.16. The summed E-state index contributed by atoms with van der Waals surface area (Å²) in [5.74, 6) is -3.31. The summed E-state index contributed by atoms with van der Waals surface area (Å²) < 4.78 is 34.4. The minimum atomic E-state index is -0.908. The fraction of sp³-hybridized carbons (Fsp3) is 0.238. The minimum absolute atomic E-state index is 0.375. The van der Waals surface area contributed by atoms with Gasteiger partial charge in [0.25, 0.3) is 5.91 Å². The van der Waals surface area contributed by atoms with E-state index in [4.69, 9.17) is 4.74 Å². The van der Waals surface area contributed by atoms with Crippen molar-refractivity contribution in [3.63, 3.8) is 0 Å². The van der Waals surface area contributed by atoms with Crippen molar-refractivity contribution < 1.29 is 23.1 Å². The number of esters is 1. The van der Waals surface area contributed by atoms with Crippen molar-refractivity contribution in [1.82, 2.24) is 4.57 Å². The van der Waals surface area contributed by atoms with Gasteiger partial charge in [0.1, 0.15) is 22.3 Å². The Labute approximate surface area is 170 Å². The van der Waals surface area contributed by atoms with Crippen LogP contribution in [0.15, 0.2) is 30.3 Å². The van der Waals surface area contributed by atoms with Gasteiger partial charge in [0, 0.05) is 16.3 Å². The van der Waals surface area contributed by atoms with Gasteiger partial charge in [-0.25, -0.2) is 13.6 Å². The highest BCUT2D eigenvalue weighted by atomic mass is 32.1. The Balaban J connectivity index is 1.79. The van der Waals surface area contributed by atoms with Crippen molar-refractivity contribution in [2.45, 2.75) is 27.7 Å². The van der Waals surface area contributed by atoms with Gasteiger partial charge in [-0.15, -0.1) is 11.3 Å². The van der Waals surface area contributed by atoms with E-state index in [0.717, 1.165) is 34.0 Å². The lowest BCUT2D eigenvalue weighted by atomic mass is 10.1. The molecule has 0 saturated heterocycles. The molecule has 5 nitrogen and oxygen atoms in total. The molecule has 0 bridgehead atoms. The van der Waals surface area contributed by atoms with E-state index in [1.807, 2.05) is 44.4 Å². The van der Waals surface area contributed by atoms with Gasteiger partial charge < -0.3 is 14.6 Å². The summed E-state index contributed by atoms with van der Waals surface area (Å²) in [6, 6.07) is 7.14. The smallest absolute Gasteiger partial charge is 0.341 e. The molecule has 1 amide bonds. The van der Waals surface area contributed by atoms with Crippen LogP contribution in [-0.4, -0.2) is 23.1 Å². The molecular weight excluding hydrogens is 398 g/mol. The lowest BCUT2D eigenvalue weighted by Crippen LogP contribution is -2.22. The molecule has 29 heavy (non-hydrogen) atoms. The number of para-hydroxylation sites is 1. The van der Waals surface area contributed by atoms with E-state index < -0.39 is 35.8 Å². The van der Waals surface area contributed by atoms with Crippen LogP contribution in [0, 0.1) is 39.3 Å². The van der Waals surface area contributed by atoms with Gasteiger partial charge in [0.2, 0.25) is 0 Å². The molecule has 8 heteroatoms. The molecule has 0 unspecified atom stereocenters. The quantitative estimate of drug-likeness (QED) is 0.603. The number of nitrogens with zero attached hydrogens (tertiary/aromatic N) is 1. The third kappa shape index (κ3) is 4.07. The second-order valence-electron chi connectivity index (χ2n) is 6.64. The topological polar surface area (TPSA) is 60.3 Å². The number of thiophene rings is 1. The van der Waals surface area contributed by atoms with Crippen molar-refractivity contribution in [2.75, 3.05) is 11.9 Å². The second-order valence-corrected chi connectivity index (χ2v) is 7.84. The van der Waals surface area contributed by atoms with Gasteiger partial charge in [-0.3, -0.25) is 4.79 Å². The summed E-state index contributed by atoms with van der Waals surface area (Å²) in [5.41, 5.74) is 2.49. The van der Waals surface area contributed by atoms with Gasteiger partial charge in [-0.1, -0.05) is 6.07 Å². The number of halogens is 2. The molecule has 3 aromatic rings. The van der Waals surface area contributed by atoms with Gasteiger partial charge in [0.05, 0.1) is 5.56 Å². The molecule has 0 atom stereocenters. The normalized spacial score (nSPS) is 10.8. The predicted octanol–water partition coefficient (Wildman–Crippen LogP) is 4.85. The minimum Gasteiger partial charge on any atom is -0.452 e. The molecule has 0 spiro atoms. The number of hydrogen-bond acceptors (Lipinski definition) is 4. The molecule has 0 fully saturated rings. The Bertz CT molecular complexity index is 1060. The molecule has 1 aromatic carbocycles. The van der Waals surface area contributed by atoms with Crippen LogP contribution >= 0.6 is 11.3 Å². The SMILES string of the molecule is Cc1sc(-n2c(C)ccc2C)c(C(=O)OCC(=O)Nc2c(F)cccc2F)c1C. The third-order valence-corrected chi connectivity index (χ3v) is 5.80. The van der Waals surface area contributed by atoms with E-state index in [0.29, 0.717) is 10.6 Å². The maximum absolute atomic E-state index is 13.7. The molecule has 0 aliphatic rings. The number of benzene rings is 1. The average Bonchev–Trinajstić information content (AvgIpc) is 3.14. The number of hydrogen-bond donors (Lipinski definition) is 1. The van der Waals surface area contributed by atoms with Crippen LogP contribution in [0.2, 0.25) is 0 Å². The summed E-state index contributed by atoms with van der Waals surface area (Å²) in [5, 5.41) is 2.81. The summed E-state index contributed by atoms with van der Waals surface area (Å²) >= 11 is 1.46. The Morgan fingerprint density at radius 2 is 1.62 bits per heavy atom. The zero-order valence-electron chi connectivity index (χ0n) is 16.4. The maximum atomic E-state index is 13.7. The summed E-state index contributed by atoms with van der Waals surface area (Å²) in [7, 11) is 0. The monoisotopic (exact) mass is 418 g/mol. The predicted molar refractivity (Wildman–Crippen MR) is 108 cm³/mol. The fourth-order valence-electron chi connectivity index (χ4n) is 2.99. The molecule has 0 radical (unpaired) electrons. The zero-order valence-corrected chi connectivity index (χ0v) is 17.2. The number of carbonyl (C=O) groups excluding carboxylic acids is 2. The summed E-state index contributed by atoms with van der Waals surface area (Å²) in [6.07, 6.45) is 0. The van der Waals surface area contributed by atoms with Crippen molar-refractivity contribution in [3.05, 3.63) is 69.4 Å². The summed E-state index contributed by atoms with van der Waals surface area (Å²) in [6.45, 7) is 6.92. The molecule has 0 aliphatic carbocycles. The Kier molecular flexibility index (Phi) is 5.83. The Morgan fingerprint density at radius 1 is 1.03 bits per heavy atom. The first-order chi connectivity index (χ1) is 13.7. The lowest BCUT2D eigenvalue weighted by Gasteiger charge is -2.11. The van der Waals surface area contributed by atoms with Gasteiger partial charge in [0.15, 0.2) is 6.61 Å². The van der Waals surface area contributed by atoms with Crippen LogP contribution in [-0.2, 0) is 9.53 Å². The van der Waals surface area contributed by atoms with Gasteiger partial charge in [-0.2, -0.15) is 0 Å². The molecule has 0 saturated carbocycles. The molecule has 152 valence electrons. The molecule has 0 aliphatic heterocycles. The van der Waals surface area contributed by atoms with E-state index in [1.165, 1.54) is 17.4 Å². The van der Waals surface area contributed by atoms with E-state index in [2.05, 4.69) is 5.32 Å². The lowest BCUT2D eigenvalue weighted by molar-refractivity contribution is -0.119. The molecule has 2 aromatic heterocycles. The number of rotatable bonds is 5. The van der Waals surface area contributed by atoms with E-state index in [9.17, 15) is 18.4 Å². The van der Waals surface area contributed by atoms with Crippen molar-refractivity contribution in [3.8, 4) is 5.00 Å². The number of ether oxygens (including phenoxy) is 1. The highest BCUT2D eigenvalue weighted by molar-refractivity contribution is 7.15. The fourth-order valence-corrected chi connectivity index (χ4v) is 4.25. The number of nitrogens with one attached hydrogen (secondary N) is 1. The standard InChI is InChI=1S/C21H20F2N2O3S/c1-11-8-9-12(2)25(11)20-18(13(3)14(4)29-20)21(27)28-10-17(26)24-19-15(22)6-5-7-16(19)23/h5-9H,10H2,1-4H3,(H,24,26). The van der Waals surface area contributed by atoms with Crippen LogP contribution in [0.1, 0.15) is 32.2 Å². The molecule has 1 N–H and O–H groups in total. The number of aromatic nitrogens is 1. The Hall–Kier alpha value is -3.00. The zero-order chi connectivity index (χ0) is 21.3. The van der Waals surface area contributed by atoms with Gasteiger partial charge >= 0.3 is 5.97 Å². The van der Waals surface area contributed by atoms with Crippen LogP contribution in [0.25, 0.3) is 5.00 Å². The first kappa shape index (κ1) is 20.7. The van der Waals surface area contributed by atoms with E-state index >= 15 is 0 Å². The van der Waals surface area contributed by atoms with Crippen molar-refractivity contribution in [1.29, 1.82) is 0 Å². The Morgan fingerprint density at radius 3 is 2.21 bits per heavy atom. The van der Waals surface area contributed by atoms with Crippen LogP contribution in [0.5, 0.6) is 0 Å². The number of amides is 1. The highest BCUT2D eigenvalue weighted by Gasteiger charge is 2.24. The van der Waals surface area contributed by atoms with Crippen LogP contribution in [0.3, 0.4) is 0 Å². The van der Waals surface area contributed by atoms with Crippen LogP contribution < -0.4 is 5.32 Å². The highest BCUT2D eigenvalue weighted by Crippen LogP contribution is 2.33. The molecular formula is C21H20F2N2O3S. The number of anilines is 1. The van der Waals surface area contributed by atoms with Gasteiger partial charge in [-0.05, 0) is 57.5 Å². The molecule has 2 heterocycles. The summed E-state index contributed by atoms with van der Waals surface area (Å²) in [4.78, 5) is 25.7. The van der Waals surface area contributed by atoms with Crippen molar-refractivity contribution in [2.24, 2.45) is 0 Å². The first-order valence-electron chi connectivity index (χ1n) is 8.87. The number of carbonyl (C=O) groups is 2. The van der Waals surface area contributed by atoms with E-state index in [-0.39, 0.29) is 0 Å².